The SMILES string of the molecule is CCCCC(=O)NCC1(c2ccccc2)CC1. The molecule has 1 amide bonds. The Morgan fingerprint density at radius 3 is 2.59 bits per heavy atom. The summed E-state index contributed by atoms with van der Waals surface area (Å²) in [6, 6.07) is 10.5. The summed E-state index contributed by atoms with van der Waals surface area (Å²) in [4.78, 5) is 11.6. The summed E-state index contributed by atoms with van der Waals surface area (Å²) in [5, 5.41) is 3.08. The van der Waals surface area contributed by atoms with Gasteiger partial charge < -0.3 is 5.32 Å². The highest BCUT2D eigenvalue weighted by Gasteiger charge is 2.44. The van der Waals surface area contributed by atoms with Crippen molar-refractivity contribution in [3.8, 4) is 0 Å². The first-order valence-corrected chi connectivity index (χ1v) is 6.59. The lowest BCUT2D eigenvalue weighted by atomic mass is 9.96. The molecule has 0 saturated heterocycles. The molecular formula is C15H21NO. The van der Waals surface area contributed by atoms with E-state index in [1.807, 2.05) is 6.07 Å². The Bertz CT molecular complexity index is 368. The van der Waals surface area contributed by atoms with Crippen LogP contribution in [0.1, 0.15) is 44.6 Å². The van der Waals surface area contributed by atoms with Crippen LogP contribution in [0.4, 0.5) is 0 Å². The van der Waals surface area contributed by atoms with Crippen molar-refractivity contribution in [3.05, 3.63) is 35.9 Å². The van der Waals surface area contributed by atoms with Crippen molar-refractivity contribution in [2.24, 2.45) is 0 Å². The molecule has 1 aliphatic rings. The fourth-order valence-corrected chi connectivity index (χ4v) is 2.20. The molecule has 1 aromatic rings. The average Bonchev–Trinajstić information content (AvgIpc) is 3.16. The van der Waals surface area contributed by atoms with E-state index in [0.29, 0.717) is 6.42 Å². The molecule has 2 heteroatoms. The molecular weight excluding hydrogens is 210 g/mol. The zero-order chi connectivity index (χ0) is 12.1. The van der Waals surface area contributed by atoms with Crippen LogP contribution in [0, 0.1) is 0 Å². The van der Waals surface area contributed by atoms with Crippen LogP contribution in [0.2, 0.25) is 0 Å². The van der Waals surface area contributed by atoms with Gasteiger partial charge in [-0.3, -0.25) is 4.79 Å². The van der Waals surface area contributed by atoms with Crippen molar-refractivity contribution >= 4 is 5.91 Å². The van der Waals surface area contributed by atoms with Gasteiger partial charge in [0.2, 0.25) is 5.91 Å². The Kier molecular flexibility index (Phi) is 3.82. The first-order valence-electron chi connectivity index (χ1n) is 6.59. The van der Waals surface area contributed by atoms with Crippen molar-refractivity contribution in [2.75, 3.05) is 6.54 Å². The van der Waals surface area contributed by atoms with Crippen LogP contribution in [-0.4, -0.2) is 12.5 Å². The van der Waals surface area contributed by atoms with Crippen LogP contribution in [0.25, 0.3) is 0 Å². The minimum atomic E-state index is 0.203. The Labute approximate surface area is 103 Å². The Hall–Kier alpha value is -1.31. The topological polar surface area (TPSA) is 29.1 Å². The van der Waals surface area contributed by atoms with Crippen molar-refractivity contribution in [2.45, 2.75) is 44.4 Å². The molecule has 0 spiro atoms. The van der Waals surface area contributed by atoms with Gasteiger partial charge in [-0.15, -0.1) is 0 Å². The van der Waals surface area contributed by atoms with Crippen LogP contribution in [0.5, 0.6) is 0 Å². The molecule has 2 rings (SSSR count). The lowest BCUT2D eigenvalue weighted by molar-refractivity contribution is -0.121. The normalized spacial score (nSPS) is 16.5. The van der Waals surface area contributed by atoms with E-state index in [0.717, 1.165) is 19.4 Å². The number of rotatable bonds is 6. The first-order chi connectivity index (χ1) is 8.27. The molecule has 17 heavy (non-hydrogen) atoms. The zero-order valence-electron chi connectivity index (χ0n) is 10.5. The molecule has 0 radical (unpaired) electrons. The van der Waals surface area contributed by atoms with Crippen LogP contribution >= 0.6 is 0 Å². The largest absolute Gasteiger partial charge is 0.355 e. The van der Waals surface area contributed by atoms with Crippen LogP contribution in [0.3, 0.4) is 0 Å². The first kappa shape index (κ1) is 12.2. The van der Waals surface area contributed by atoms with Gasteiger partial charge in [-0.2, -0.15) is 0 Å². The third kappa shape index (κ3) is 3.09. The summed E-state index contributed by atoms with van der Waals surface area (Å²) < 4.78 is 0. The molecule has 1 aromatic carbocycles. The molecule has 1 fully saturated rings. The molecule has 0 aliphatic heterocycles. The summed E-state index contributed by atoms with van der Waals surface area (Å²) in [7, 11) is 0. The standard InChI is InChI=1S/C15H21NO/c1-2-3-9-14(17)16-12-15(10-11-15)13-7-5-4-6-8-13/h4-8H,2-3,9-12H2,1H3,(H,16,17). The quantitative estimate of drug-likeness (QED) is 0.801. The molecule has 1 aliphatic carbocycles. The maximum Gasteiger partial charge on any atom is 0.220 e. The van der Waals surface area contributed by atoms with E-state index in [1.54, 1.807) is 0 Å². The predicted molar refractivity (Wildman–Crippen MR) is 69.9 cm³/mol. The summed E-state index contributed by atoms with van der Waals surface area (Å²) in [5.74, 6) is 0.203. The minimum Gasteiger partial charge on any atom is -0.355 e. The number of unbranched alkanes of at least 4 members (excludes halogenated alkanes) is 1. The van der Waals surface area contributed by atoms with Gasteiger partial charge in [-0.1, -0.05) is 43.7 Å². The molecule has 0 heterocycles. The van der Waals surface area contributed by atoms with Crippen LogP contribution < -0.4 is 5.32 Å². The fraction of sp³-hybridized carbons (Fsp3) is 0.533. The lowest BCUT2D eigenvalue weighted by Gasteiger charge is -2.16. The van der Waals surface area contributed by atoms with Gasteiger partial charge in [0.05, 0.1) is 0 Å². The maximum absolute atomic E-state index is 11.6. The molecule has 0 unspecified atom stereocenters. The molecule has 0 bridgehead atoms. The highest BCUT2D eigenvalue weighted by molar-refractivity contribution is 5.76. The predicted octanol–water partition coefficient (Wildman–Crippen LogP) is 3.02. The number of hydrogen-bond acceptors (Lipinski definition) is 1. The summed E-state index contributed by atoms with van der Waals surface area (Å²) in [5.41, 5.74) is 1.61. The number of carbonyl (C=O) groups excluding carboxylic acids is 1. The number of nitrogens with one attached hydrogen (secondary N) is 1. The summed E-state index contributed by atoms with van der Waals surface area (Å²) in [6.45, 7) is 2.92. The van der Waals surface area contributed by atoms with E-state index in [-0.39, 0.29) is 11.3 Å². The summed E-state index contributed by atoms with van der Waals surface area (Å²) >= 11 is 0. The van der Waals surface area contributed by atoms with E-state index in [9.17, 15) is 4.79 Å². The van der Waals surface area contributed by atoms with Gasteiger partial charge in [0.25, 0.3) is 0 Å². The second kappa shape index (κ2) is 5.35. The fourth-order valence-electron chi connectivity index (χ4n) is 2.20. The van der Waals surface area contributed by atoms with Gasteiger partial charge in [0.1, 0.15) is 0 Å². The van der Waals surface area contributed by atoms with E-state index >= 15 is 0 Å². The van der Waals surface area contributed by atoms with Crippen molar-refractivity contribution in [1.29, 1.82) is 0 Å². The van der Waals surface area contributed by atoms with Gasteiger partial charge in [0, 0.05) is 18.4 Å². The molecule has 1 N–H and O–H groups in total. The number of benzene rings is 1. The smallest absolute Gasteiger partial charge is 0.220 e. The third-order valence-electron chi connectivity index (χ3n) is 3.62. The van der Waals surface area contributed by atoms with E-state index < -0.39 is 0 Å². The molecule has 92 valence electrons. The lowest BCUT2D eigenvalue weighted by Crippen LogP contribution is -2.32. The Morgan fingerprint density at radius 2 is 2.00 bits per heavy atom. The van der Waals surface area contributed by atoms with E-state index in [1.165, 1.54) is 18.4 Å². The maximum atomic E-state index is 11.6. The van der Waals surface area contributed by atoms with Gasteiger partial charge in [-0.25, -0.2) is 0 Å². The molecule has 1 saturated carbocycles. The Balaban J connectivity index is 1.85. The number of amides is 1. The highest BCUT2D eigenvalue weighted by Crippen LogP contribution is 2.47. The van der Waals surface area contributed by atoms with Crippen molar-refractivity contribution in [3.63, 3.8) is 0 Å². The second-order valence-electron chi connectivity index (χ2n) is 5.03. The third-order valence-corrected chi connectivity index (χ3v) is 3.62. The number of hydrogen-bond donors (Lipinski definition) is 1. The second-order valence-corrected chi connectivity index (χ2v) is 5.03. The van der Waals surface area contributed by atoms with Crippen LogP contribution in [-0.2, 0) is 10.2 Å². The highest BCUT2D eigenvalue weighted by atomic mass is 16.1. The van der Waals surface area contributed by atoms with E-state index in [4.69, 9.17) is 0 Å². The molecule has 0 aromatic heterocycles. The monoisotopic (exact) mass is 231 g/mol. The van der Waals surface area contributed by atoms with Crippen molar-refractivity contribution in [1.82, 2.24) is 5.32 Å². The minimum absolute atomic E-state index is 0.203. The summed E-state index contributed by atoms with van der Waals surface area (Å²) in [6.07, 6.45) is 5.14. The van der Waals surface area contributed by atoms with Crippen molar-refractivity contribution < 1.29 is 4.79 Å². The van der Waals surface area contributed by atoms with Gasteiger partial charge >= 0.3 is 0 Å². The van der Waals surface area contributed by atoms with Gasteiger partial charge in [-0.05, 0) is 24.8 Å². The number of carbonyl (C=O) groups is 1. The molecule has 0 atom stereocenters. The van der Waals surface area contributed by atoms with Gasteiger partial charge in [0.15, 0.2) is 0 Å². The zero-order valence-corrected chi connectivity index (χ0v) is 10.5. The van der Waals surface area contributed by atoms with Crippen LogP contribution in [0.15, 0.2) is 30.3 Å². The molecule has 2 nitrogen and oxygen atoms in total. The Morgan fingerprint density at radius 1 is 1.29 bits per heavy atom. The van der Waals surface area contributed by atoms with E-state index in [2.05, 4.69) is 36.5 Å². The average molecular weight is 231 g/mol.